The van der Waals surface area contributed by atoms with Crippen LogP contribution in [0, 0.1) is 24.2 Å². The number of rotatable bonds is 7. The number of amides is 1. The molecule has 2 heterocycles. The SMILES string of the molecule is COCC(NC(=O)c1ccc(-n2ncc(-c3ccc(C#N)cc3C)c2O)nc1)C(C)C. The Morgan fingerprint density at radius 1 is 1.26 bits per heavy atom. The van der Waals surface area contributed by atoms with Crippen LogP contribution in [0.4, 0.5) is 0 Å². The van der Waals surface area contributed by atoms with Crippen LogP contribution >= 0.6 is 0 Å². The van der Waals surface area contributed by atoms with Gasteiger partial charge in [-0.15, -0.1) is 0 Å². The van der Waals surface area contributed by atoms with E-state index in [1.54, 1.807) is 43.6 Å². The molecule has 8 heteroatoms. The Balaban J connectivity index is 1.82. The summed E-state index contributed by atoms with van der Waals surface area (Å²) in [6.45, 7) is 6.32. The number of carbonyl (C=O) groups excluding carboxylic acids is 1. The monoisotopic (exact) mass is 419 g/mol. The Hall–Kier alpha value is -3.70. The van der Waals surface area contributed by atoms with Gasteiger partial charge in [0.05, 0.1) is 41.6 Å². The first kappa shape index (κ1) is 22.0. The average Bonchev–Trinajstić information content (AvgIpc) is 3.14. The average molecular weight is 419 g/mol. The second-order valence-corrected chi connectivity index (χ2v) is 7.62. The molecule has 2 aromatic heterocycles. The molecule has 1 aromatic carbocycles. The van der Waals surface area contributed by atoms with Gasteiger partial charge in [0, 0.05) is 13.3 Å². The van der Waals surface area contributed by atoms with Crippen LogP contribution in [-0.4, -0.2) is 45.5 Å². The fourth-order valence-corrected chi connectivity index (χ4v) is 3.21. The van der Waals surface area contributed by atoms with Crippen molar-refractivity contribution in [2.24, 2.45) is 5.92 Å². The molecule has 0 radical (unpaired) electrons. The molecular formula is C23H25N5O3. The molecule has 3 aromatic rings. The van der Waals surface area contributed by atoms with Crippen LogP contribution in [0.25, 0.3) is 16.9 Å². The molecule has 0 spiro atoms. The van der Waals surface area contributed by atoms with E-state index in [4.69, 9.17) is 10.00 Å². The molecule has 3 rings (SSSR count). The van der Waals surface area contributed by atoms with Gasteiger partial charge in [-0.2, -0.15) is 15.0 Å². The minimum absolute atomic E-state index is 0.0718. The lowest BCUT2D eigenvalue weighted by atomic mass is 10.0. The highest BCUT2D eigenvalue weighted by Crippen LogP contribution is 2.33. The molecule has 8 nitrogen and oxygen atoms in total. The zero-order valence-electron chi connectivity index (χ0n) is 18.0. The topological polar surface area (TPSA) is 113 Å². The van der Waals surface area contributed by atoms with E-state index in [0.29, 0.717) is 29.1 Å². The largest absolute Gasteiger partial charge is 0.493 e. The van der Waals surface area contributed by atoms with E-state index >= 15 is 0 Å². The number of aromatic hydroxyl groups is 1. The molecule has 0 aliphatic rings. The van der Waals surface area contributed by atoms with Crippen LogP contribution in [-0.2, 0) is 4.74 Å². The van der Waals surface area contributed by atoms with E-state index in [0.717, 1.165) is 11.1 Å². The highest BCUT2D eigenvalue weighted by molar-refractivity contribution is 5.94. The van der Waals surface area contributed by atoms with Crippen molar-refractivity contribution in [3.63, 3.8) is 0 Å². The first-order chi connectivity index (χ1) is 14.8. The Labute approximate surface area is 181 Å². The molecule has 0 fully saturated rings. The van der Waals surface area contributed by atoms with Crippen LogP contribution in [0.15, 0.2) is 42.7 Å². The van der Waals surface area contributed by atoms with Crippen LogP contribution < -0.4 is 5.32 Å². The molecule has 1 amide bonds. The van der Waals surface area contributed by atoms with Gasteiger partial charge >= 0.3 is 0 Å². The molecule has 160 valence electrons. The third kappa shape index (κ3) is 4.73. The minimum Gasteiger partial charge on any atom is -0.493 e. The van der Waals surface area contributed by atoms with E-state index < -0.39 is 0 Å². The first-order valence-corrected chi connectivity index (χ1v) is 9.90. The maximum absolute atomic E-state index is 12.5. The van der Waals surface area contributed by atoms with E-state index in [9.17, 15) is 9.90 Å². The summed E-state index contributed by atoms with van der Waals surface area (Å²) in [7, 11) is 1.60. The number of aryl methyl sites for hydroxylation is 1. The lowest BCUT2D eigenvalue weighted by Crippen LogP contribution is -2.41. The van der Waals surface area contributed by atoms with Gasteiger partial charge in [0.25, 0.3) is 5.91 Å². The summed E-state index contributed by atoms with van der Waals surface area (Å²) in [5.41, 5.74) is 3.11. The lowest BCUT2D eigenvalue weighted by molar-refractivity contribution is 0.0866. The maximum atomic E-state index is 12.5. The van der Waals surface area contributed by atoms with Crippen LogP contribution in [0.1, 0.15) is 35.3 Å². The van der Waals surface area contributed by atoms with E-state index in [1.165, 1.54) is 10.9 Å². The summed E-state index contributed by atoms with van der Waals surface area (Å²) in [5, 5.41) is 26.9. The molecule has 0 aliphatic heterocycles. The van der Waals surface area contributed by atoms with E-state index in [2.05, 4.69) is 21.5 Å². The molecule has 0 aliphatic carbocycles. The number of nitriles is 1. The summed E-state index contributed by atoms with van der Waals surface area (Å²) >= 11 is 0. The number of pyridine rings is 1. The second-order valence-electron chi connectivity index (χ2n) is 7.62. The van der Waals surface area contributed by atoms with Gasteiger partial charge in [0.1, 0.15) is 0 Å². The van der Waals surface area contributed by atoms with Gasteiger partial charge in [-0.1, -0.05) is 19.9 Å². The number of ether oxygens (including phenoxy) is 1. The third-order valence-corrected chi connectivity index (χ3v) is 5.08. The molecule has 31 heavy (non-hydrogen) atoms. The highest BCUT2D eigenvalue weighted by atomic mass is 16.5. The molecule has 0 bridgehead atoms. The van der Waals surface area contributed by atoms with Gasteiger partial charge in [0.2, 0.25) is 5.88 Å². The Morgan fingerprint density at radius 2 is 2.03 bits per heavy atom. The van der Waals surface area contributed by atoms with Crippen molar-refractivity contribution in [3.8, 4) is 28.9 Å². The molecule has 0 saturated heterocycles. The van der Waals surface area contributed by atoms with Crippen LogP contribution in [0.2, 0.25) is 0 Å². The van der Waals surface area contributed by atoms with Crippen molar-refractivity contribution < 1.29 is 14.6 Å². The molecule has 1 atom stereocenters. The second kappa shape index (κ2) is 9.41. The number of hydrogen-bond acceptors (Lipinski definition) is 6. The Kier molecular flexibility index (Phi) is 6.68. The smallest absolute Gasteiger partial charge is 0.253 e. The Bertz CT molecular complexity index is 1110. The zero-order chi connectivity index (χ0) is 22.5. The number of nitrogens with zero attached hydrogens (tertiary/aromatic N) is 4. The zero-order valence-corrected chi connectivity index (χ0v) is 18.0. The van der Waals surface area contributed by atoms with Gasteiger partial charge in [0.15, 0.2) is 5.82 Å². The van der Waals surface area contributed by atoms with Gasteiger partial charge < -0.3 is 15.2 Å². The van der Waals surface area contributed by atoms with E-state index in [-0.39, 0.29) is 23.7 Å². The molecule has 1 unspecified atom stereocenters. The van der Waals surface area contributed by atoms with Gasteiger partial charge in [-0.05, 0) is 48.2 Å². The van der Waals surface area contributed by atoms with Gasteiger partial charge in [-0.3, -0.25) is 4.79 Å². The van der Waals surface area contributed by atoms with Crippen molar-refractivity contribution in [1.82, 2.24) is 20.1 Å². The van der Waals surface area contributed by atoms with Crippen molar-refractivity contribution in [2.45, 2.75) is 26.8 Å². The van der Waals surface area contributed by atoms with E-state index in [1.807, 2.05) is 20.8 Å². The lowest BCUT2D eigenvalue weighted by Gasteiger charge is -2.21. The number of nitrogens with one attached hydrogen (secondary N) is 1. The Morgan fingerprint density at radius 3 is 2.61 bits per heavy atom. The van der Waals surface area contributed by atoms with Crippen LogP contribution in [0.5, 0.6) is 5.88 Å². The predicted octanol–water partition coefficient (Wildman–Crippen LogP) is 3.22. The number of aromatic nitrogens is 3. The van der Waals surface area contributed by atoms with Crippen molar-refractivity contribution >= 4 is 5.91 Å². The number of methoxy groups -OCH3 is 1. The standard InChI is InChI=1S/C23H25N5O3/c1-14(2)20(13-31-4)27-22(29)17-6-8-21(25-11-17)28-23(30)19(12-26-28)18-7-5-16(10-24)9-15(18)3/h5-9,11-12,14,20,30H,13H2,1-4H3,(H,27,29). The summed E-state index contributed by atoms with van der Waals surface area (Å²) < 4.78 is 6.47. The number of carbonyl (C=O) groups is 1. The third-order valence-electron chi connectivity index (χ3n) is 5.08. The minimum atomic E-state index is -0.242. The van der Waals surface area contributed by atoms with Crippen molar-refractivity contribution in [2.75, 3.05) is 13.7 Å². The highest BCUT2D eigenvalue weighted by Gasteiger charge is 2.19. The summed E-state index contributed by atoms with van der Waals surface area (Å²) in [6, 6.07) is 10.5. The fraction of sp³-hybridized carbons (Fsp3) is 0.304. The van der Waals surface area contributed by atoms with Crippen molar-refractivity contribution in [3.05, 3.63) is 59.4 Å². The van der Waals surface area contributed by atoms with Gasteiger partial charge in [-0.25, -0.2) is 4.98 Å². The fourth-order valence-electron chi connectivity index (χ4n) is 3.21. The normalized spacial score (nSPS) is 11.9. The predicted molar refractivity (Wildman–Crippen MR) is 116 cm³/mol. The summed E-state index contributed by atoms with van der Waals surface area (Å²) in [6.07, 6.45) is 2.99. The molecular weight excluding hydrogens is 394 g/mol. The number of benzene rings is 1. The molecule has 2 N–H and O–H groups in total. The van der Waals surface area contributed by atoms with Crippen LogP contribution in [0.3, 0.4) is 0 Å². The summed E-state index contributed by atoms with van der Waals surface area (Å²) in [5.74, 6) is 0.288. The quantitative estimate of drug-likeness (QED) is 0.608. The first-order valence-electron chi connectivity index (χ1n) is 9.90. The summed E-state index contributed by atoms with van der Waals surface area (Å²) in [4.78, 5) is 16.8. The number of hydrogen-bond donors (Lipinski definition) is 2. The maximum Gasteiger partial charge on any atom is 0.253 e. The molecule has 0 saturated carbocycles. The van der Waals surface area contributed by atoms with Crippen molar-refractivity contribution in [1.29, 1.82) is 5.26 Å².